The van der Waals surface area contributed by atoms with Crippen molar-refractivity contribution in [3.63, 3.8) is 0 Å². The highest BCUT2D eigenvalue weighted by Gasteiger charge is 2.00. The zero-order chi connectivity index (χ0) is 13.0. The van der Waals surface area contributed by atoms with Crippen molar-refractivity contribution in [1.82, 2.24) is 0 Å². The standard InChI is InChI=1S/C14H14OS3/c1-16-11-3-5-12(6-4-11)17-13-7-9-14(10-8-13)18(2)15/h3-10H,1-2H3. The summed E-state index contributed by atoms with van der Waals surface area (Å²) in [6.07, 6.45) is 3.77. The smallest absolute Gasteiger partial charge is 0.0498 e. The fourth-order valence-electron chi connectivity index (χ4n) is 1.48. The molecular weight excluding hydrogens is 280 g/mol. The maximum absolute atomic E-state index is 11.3. The van der Waals surface area contributed by atoms with Gasteiger partial charge in [-0.25, -0.2) is 0 Å². The minimum Gasteiger partial charge on any atom is -0.255 e. The van der Waals surface area contributed by atoms with Crippen molar-refractivity contribution in [2.75, 3.05) is 12.5 Å². The van der Waals surface area contributed by atoms with E-state index in [4.69, 9.17) is 0 Å². The average Bonchev–Trinajstić information content (AvgIpc) is 2.40. The summed E-state index contributed by atoms with van der Waals surface area (Å²) < 4.78 is 11.3. The molecule has 0 N–H and O–H groups in total. The van der Waals surface area contributed by atoms with Gasteiger partial charge in [0.1, 0.15) is 0 Å². The molecule has 94 valence electrons. The van der Waals surface area contributed by atoms with Crippen LogP contribution in [0.3, 0.4) is 0 Å². The Balaban J connectivity index is 2.10. The van der Waals surface area contributed by atoms with Crippen LogP contribution in [0.15, 0.2) is 68.1 Å². The van der Waals surface area contributed by atoms with Crippen molar-refractivity contribution in [3.8, 4) is 0 Å². The van der Waals surface area contributed by atoms with Crippen molar-refractivity contribution in [1.29, 1.82) is 0 Å². The second-order valence-electron chi connectivity index (χ2n) is 3.70. The molecule has 0 amide bonds. The van der Waals surface area contributed by atoms with E-state index in [1.807, 2.05) is 24.3 Å². The Hall–Kier alpha value is -0.710. The number of rotatable bonds is 4. The van der Waals surface area contributed by atoms with Gasteiger partial charge in [-0.2, -0.15) is 0 Å². The molecule has 18 heavy (non-hydrogen) atoms. The maximum atomic E-state index is 11.3. The summed E-state index contributed by atoms with van der Waals surface area (Å²) in [7, 11) is -0.900. The Morgan fingerprint density at radius 2 is 1.28 bits per heavy atom. The molecule has 0 radical (unpaired) electrons. The molecule has 1 nitrogen and oxygen atoms in total. The lowest BCUT2D eigenvalue weighted by atomic mass is 10.4. The minimum atomic E-state index is -0.900. The molecular formula is C14H14OS3. The molecule has 0 saturated carbocycles. The second kappa shape index (κ2) is 6.45. The van der Waals surface area contributed by atoms with E-state index in [9.17, 15) is 4.21 Å². The first-order chi connectivity index (χ1) is 8.69. The van der Waals surface area contributed by atoms with Crippen LogP contribution in [0.25, 0.3) is 0 Å². The van der Waals surface area contributed by atoms with Crippen LogP contribution in [-0.4, -0.2) is 16.7 Å². The molecule has 0 aliphatic heterocycles. The van der Waals surface area contributed by atoms with E-state index in [-0.39, 0.29) is 0 Å². The van der Waals surface area contributed by atoms with Crippen LogP contribution in [0.5, 0.6) is 0 Å². The summed E-state index contributed by atoms with van der Waals surface area (Å²) in [6, 6.07) is 16.4. The van der Waals surface area contributed by atoms with E-state index >= 15 is 0 Å². The van der Waals surface area contributed by atoms with Gasteiger partial charge >= 0.3 is 0 Å². The summed E-state index contributed by atoms with van der Waals surface area (Å²) in [5.74, 6) is 0. The van der Waals surface area contributed by atoms with Crippen LogP contribution in [0.4, 0.5) is 0 Å². The molecule has 0 aromatic heterocycles. The molecule has 0 aliphatic carbocycles. The van der Waals surface area contributed by atoms with Crippen molar-refractivity contribution in [3.05, 3.63) is 48.5 Å². The summed E-state index contributed by atoms with van der Waals surface area (Å²) >= 11 is 3.46. The normalized spacial score (nSPS) is 12.3. The van der Waals surface area contributed by atoms with Crippen LogP contribution >= 0.6 is 23.5 Å². The van der Waals surface area contributed by atoms with Gasteiger partial charge in [-0.3, -0.25) is 4.21 Å². The predicted molar refractivity (Wildman–Crippen MR) is 81.1 cm³/mol. The highest BCUT2D eigenvalue weighted by atomic mass is 32.2. The molecule has 0 spiro atoms. The third kappa shape index (κ3) is 3.64. The number of thioether (sulfide) groups is 1. The average molecular weight is 294 g/mol. The first-order valence-corrected chi connectivity index (χ1v) is 9.04. The van der Waals surface area contributed by atoms with Gasteiger partial charge in [-0.1, -0.05) is 11.8 Å². The molecule has 2 rings (SSSR count). The number of hydrogen-bond donors (Lipinski definition) is 0. The van der Waals surface area contributed by atoms with Crippen LogP contribution in [0.2, 0.25) is 0 Å². The van der Waals surface area contributed by atoms with Crippen molar-refractivity contribution in [2.45, 2.75) is 19.6 Å². The molecule has 1 atom stereocenters. The molecule has 0 heterocycles. The molecule has 0 fully saturated rings. The molecule has 1 unspecified atom stereocenters. The van der Waals surface area contributed by atoms with Crippen LogP contribution in [0, 0.1) is 0 Å². The SMILES string of the molecule is CSc1ccc(Sc2ccc(S(C)=O)cc2)cc1. The predicted octanol–water partition coefficient (Wildman–Crippen LogP) is 4.30. The van der Waals surface area contributed by atoms with Crippen molar-refractivity contribution < 1.29 is 4.21 Å². The third-order valence-electron chi connectivity index (χ3n) is 2.45. The fourth-order valence-corrected chi connectivity index (χ4v) is 3.22. The topological polar surface area (TPSA) is 17.1 Å². The van der Waals surface area contributed by atoms with Gasteiger partial charge in [0.2, 0.25) is 0 Å². The van der Waals surface area contributed by atoms with Gasteiger partial charge in [0.15, 0.2) is 0 Å². The lowest BCUT2D eigenvalue weighted by molar-refractivity contribution is 0.686. The Morgan fingerprint density at radius 1 is 0.833 bits per heavy atom. The lowest BCUT2D eigenvalue weighted by Crippen LogP contribution is -1.85. The van der Waals surface area contributed by atoms with Gasteiger partial charge in [0.25, 0.3) is 0 Å². The molecule has 4 heteroatoms. The summed E-state index contributed by atoms with van der Waals surface area (Å²) in [6.45, 7) is 0. The monoisotopic (exact) mass is 294 g/mol. The minimum absolute atomic E-state index is 0.872. The maximum Gasteiger partial charge on any atom is 0.0498 e. The Morgan fingerprint density at radius 3 is 1.72 bits per heavy atom. The Labute approximate surface area is 119 Å². The van der Waals surface area contributed by atoms with Crippen LogP contribution < -0.4 is 0 Å². The Bertz CT molecular complexity index is 532. The van der Waals surface area contributed by atoms with Gasteiger partial charge < -0.3 is 0 Å². The number of hydrogen-bond acceptors (Lipinski definition) is 3. The van der Waals surface area contributed by atoms with Gasteiger partial charge in [-0.15, -0.1) is 11.8 Å². The van der Waals surface area contributed by atoms with Crippen LogP contribution in [0.1, 0.15) is 0 Å². The van der Waals surface area contributed by atoms with E-state index in [0.717, 1.165) is 4.90 Å². The van der Waals surface area contributed by atoms with E-state index in [2.05, 4.69) is 30.5 Å². The molecule has 0 saturated heterocycles. The third-order valence-corrected chi connectivity index (χ3v) is 5.15. The lowest BCUT2D eigenvalue weighted by Gasteiger charge is -2.03. The quantitative estimate of drug-likeness (QED) is 0.783. The summed E-state index contributed by atoms with van der Waals surface area (Å²) in [5, 5.41) is 0. The highest BCUT2D eigenvalue weighted by molar-refractivity contribution is 7.99. The van der Waals surface area contributed by atoms with Gasteiger partial charge in [0.05, 0.1) is 0 Å². The van der Waals surface area contributed by atoms with Crippen molar-refractivity contribution >= 4 is 34.3 Å². The van der Waals surface area contributed by atoms with E-state index in [1.54, 1.807) is 29.8 Å². The first-order valence-electron chi connectivity index (χ1n) is 5.44. The molecule has 2 aromatic rings. The molecule has 2 aromatic carbocycles. The number of benzene rings is 2. The van der Waals surface area contributed by atoms with Gasteiger partial charge in [-0.05, 0) is 54.8 Å². The first kappa shape index (κ1) is 13.7. The van der Waals surface area contributed by atoms with E-state index < -0.39 is 10.8 Å². The molecule has 0 aliphatic rings. The van der Waals surface area contributed by atoms with Crippen LogP contribution in [-0.2, 0) is 10.8 Å². The van der Waals surface area contributed by atoms with Gasteiger partial charge in [0, 0.05) is 36.6 Å². The van der Waals surface area contributed by atoms with Crippen molar-refractivity contribution in [2.24, 2.45) is 0 Å². The highest BCUT2D eigenvalue weighted by Crippen LogP contribution is 2.29. The van der Waals surface area contributed by atoms with E-state index in [0.29, 0.717) is 0 Å². The summed E-state index contributed by atoms with van der Waals surface area (Å²) in [4.78, 5) is 4.53. The molecule has 0 bridgehead atoms. The zero-order valence-corrected chi connectivity index (χ0v) is 12.7. The van der Waals surface area contributed by atoms with E-state index in [1.165, 1.54) is 14.7 Å². The largest absolute Gasteiger partial charge is 0.255 e. The summed E-state index contributed by atoms with van der Waals surface area (Å²) in [5.41, 5.74) is 0. The zero-order valence-electron chi connectivity index (χ0n) is 10.3. The second-order valence-corrected chi connectivity index (χ2v) is 7.11. The Kier molecular flexibility index (Phi) is 4.92. The fraction of sp³-hybridized carbons (Fsp3) is 0.143.